The topological polar surface area (TPSA) is 24.9 Å². The van der Waals surface area contributed by atoms with E-state index in [9.17, 15) is 0 Å². The van der Waals surface area contributed by atoms with E-state index in [1.807, 2.05) is 43.7 Å². The Morgan fingerprint density at radius 2 is 2.00 bits per heavy atom. The van der Waals surface area contributed by atoms with Crippen LogP contribution in [0, 0.1) is 0 Å². The monoisotopic (exact) mass is 246 g/mol. The van der Waals surface area contributed by atoms with Gasteiger partial charge < -0.3 is 5.32 Å². The molecule has 2 aromatic rings. The van der Waals surface area contributed by atoms with Crippen LogP contribution in [0.2, 0.25) is 5.02 Å². The van der Waals surface area contributed by atoms with Crippen LogP contribution >= 0.6 is 11.6 Å². The number of hydrogen-bond acceptors (Lipinski definition) is 2. The van der Waals surface area contributed by atoms with Gasteiger partial charge in [0.05, 0.1) is 0 Å². The molecule has 1 unspecified atom stereocenters. The van der Waals surface area contributed by atoms with Crippen LogP contribution in [-0.4, -0.2) is 12.0 Å². The molecule has 0 aliphatic rings. The van der Waals surface area contributed by atoms with Gasteiger partial charge in [0.25, 0.3) is 0 Å². The highest BCUT2D eigenvalue weighted by molar-refractivity contribution is 6.30. The molecule has 88 valence electrons. The van der Waals surface area contributed by atoms with Crippen LogP contribution in [0.15, 0.2) is 42.7 Å². The quantitative estimate of drug-likeness (QED) is 0.894. The van der Waals surface area contributed by atoms with Crippen molar-refractivity contribution in [2.75, 3.05) is 7.05 Å². The SMILES string of the molecule is CNC(C)c1cncc(-c2cccc(Cl)c2)c1. The van der Waals surface area contributed by atoms with E-state index in [2.05, 4.69) is 23.3 Å². The van der Waals surface area contributed by atoms with Crippen molar-refractivity contribution in [3.05, 3.63) is 53.3 Å². The zero-order chi connectivity index (χ0) is 12.3. The maximum absolute atomic E-state index is 5.99. The van der Waals surface area contributed by atoms with Gasteiger partial charge in [-0.25, -0.2) is 0 Å². The lowest BCUT2D eigenvalue weighted by Crippen LogP contribution is -2.12. The Morgan fingerprint density at radius 1 is 1.18 bits per heavy atom. The minimum Gasteiger partial charge on any atom is -0.313 e. The summed E-state index contributed by atoms with van der Waals surface area (Å²) in [5, 5.41) is 3.95. The maximum atomic E-state index is 5.99. The molecule has 2 rings (SSSR count). The van der Waals surface area contributed by atoms with Crippen molar-refractivity contribution in [2.24, 2.45) is 0 Å². The zero-order valence-electron chi connectivity index (χ0n) is 9.94. The van der Waals surface area contributed by atoms with Crippen molar-refractivity contribution in [1.29, 1.82) is 0 Å². The molecule has 0 saturated carbocycles. The van der Waals surface area contributed by atoms with Crippen molar-refractivity contribution in [1.82, 2.24) is 10.3 Å². The second-order valence-electron chi connectivity index (χ2n) is 4.03. The largest absolute Gasteiger partial charge is 0.313 e. The van der Waals surface area contributed by atoms with E-state index < -0.39 is 0 Å². The Bertz CT molecular complexity index is 511. The molecule has 0 radical (unpaired) electrons. The van der Waals surface area contributed by atoms with E-state index in [1.165, 1.54) is 5.56 Å². The van der Waals surface area contributed by atoms with E-state index in [-0.39, 0.29) is 0 Å². The summed E-state index contributed by atoms with van der Waals surface area (Å²) in [7, 11) is 1.94. The lowest BCUT2D eigenvalue weighted by atomic mass is 10.0. The van der Waals surface area contributed by atoms with Crippen LogP contribution in [0.1, 0.15) is 18.5 Å². The van der Waals surface area contributed by atoms with Gasteiger partial charge in [0.2, 0.25) is 0 Å². The zero-order valence-corrected chi connectivity index (χ0v) is 10.7. The summed E-state index contributed by atoms with van der Waals surface area (Å²) in [5.74, 6) is 0. The molecule has 3 heteroatoms. The molecule has 0 amide bonds. The fourth-order valence-corrected chi connectivity index (χ4v) is 1.88. The van der Waals surface area contributed by atoms with Crippen molar-refractivity contribution in [3.63, 3.8) is 0 Å². The Morgan fingerprint density at radius 3 is 2.71 bits per heavy atom. The smallest absolute Gasteiger partial charge is 0.0412 e. The van der Waals surface area contributed by atoms with Crippen LogP contribution in [0.5, 0.6) is 0 Å². The summed E-state index contributed by atoms with van der Waals surface area (Å²) in [5.41, 5.74) is 3.35. The third-order valence-corrected chi connectivity index (χ3v) is 3.09. The summed E-state index contributed by atoms with van der Waals surface area (Å²) in [4.78, 5) is 4.28. The van der Waals surface area contributed by atoms with E-state index in [0.29, 0.717) is 6.04 Å². The highest BCUT2D eigenvalue weighted by Crippen LogP contribution is 2.24. The van der Waals surface area contributed by atoms with Crippen molar-refractivity contribution in [3.8, 4) is 11.1 Å². The lowest BCUT2D eigenvalue weighted by molar-refractivity contribution is 0.650. The molecule has 1 heterocycles. The molecule has 0 saturated heterocycles. The highest BCUT2D eigenvalue weighted by Gasteiger charge is 2.05. The van der Waals surface area contributed by atoms with Crippen LogP contribution in [0.3, 0.4) is 0 Å². The summed E-state index contributed by atoms with van der Waals surface area (Å²) in [6.07, 6.45) is 3.74. The number of aromatic nitrogens is 1. The average Bonchev–Trinajstić information content (AvgIpc) is 2.38. The molecule has 1 atom stereocenters. The third-order valence-electron chi connectivity index (χ3n) is 2.85. The molecule has 0 spiro atoms. The molecule has 2 nitrogen and oxygen atoms in total. The first kappa shape index (κ1) is 12.1. The molecule has 1 N–H and O–H groups in total. The Hall–Kier alpha value is -1.38. The van der Waals surface area contributed by atoms with Crippen LogP contribution in [-0.2, 0) is 0 Å². The van der Waals surface area contributed by atoms with Gasteiger partial charge in [0.1, 0.15) is 0 Å². The summed E-state index contributed by atoms with van der Waals surface area (Å²) in [6.45, 7) is 2.11. The van der Waals surface area contributed by atoms with Gasteiger partial charge in [-0.1, -0.05) is 23.7 Å². The van der Waals surface area contributed by atoms with Gasteiger partial charge in [-0.15, -0.1) is 0 Å². The first-order chi connectivity index (χ1) is 8.20. The lowest BCUT2D eigenvalue weighted by Gasteiger charge is -2.11. The second-order valence-corrected chi connectivity index (χ2v) is 4.46. The van der Waals surface area contributed by atoms with Crippen LogP contribution < -0.4 is 5.32 Å². The Kier molecular flexibility index (Phi) is 3.77. The third kappa shape index (κ3) is 2.84. The minimum absolute atomic E-state index is 0.293. The minimum atomic E-state index is 0.293. The Balaban J connectivity index is 2.39. The Labute approximate surface area is 107 Å². The first-order valence-electron chi connectivity index (χ1n) is 5.59. The number of rotatable bonds is 3. The number of benzene rings is 1. The number of hydrogen-bond donors (Lipinski definition) is 1. The summed E-state index contributed by atoms with van der Waals surface area (Å²) in [6, 6.07) is 10.2. The van der Waals surface area contributed by atoms with E-state index in [4.69, 9.17) is 11.6 Å². The molecular weight excluding hydrogens is 232 g/mol. The van der Waals surface area contributed by atoms with Gasteiger partial charge in [-0.3, -0.25) is 4.98 Å². The van der Waals surface area contributed by atoms with Gasteiger partial charge in [0.15, 0.2) is 0 Å². The first-order valence-corrected chi connectivity index (χ1v) is 5.96. The van der Waals surface area contributed by atoms with Crippen molar-refractivity contribution >= 4 is 11.6 Å². The molecule has 17 heavy (non-hydrogen) atoms. The molecule has 0 aliphatic heterocycles. The number of nitrogens with zero attached hydrogens (tertiary/aromatic N) is 1. The van der Waals surface area contributed by atoms with E-state index in [0.717, 1.165) is 16.1 Å². The summed E-state index contributed by atoms with van der Waals surface area (Å²) >= 11 is 5.99. The van der Waals surface area contributed by atoms with E-state index >= 15 is 0 Å². The maximum Gasteiger partial charge on any atom is 0.0412 e. The fourth-order valence-electron chi connectivity index (χ4n) is 1.69. The second kappa shape index (κ2) is 5.30. The number of nitrogens with one attached hydrogen (secondary N) is 1. The average molecular weight is 247 g/mol. The molecule has 0 fully saturated rings. The number of pyridine rings is 1. The van der Waals surface area contributed by atoms with Crippen molar-refractivity contribution < 1.29 is 0 Å². The highest BCUT2D eigenvalue weighted by atomic mass is 35.5. The van der Waals surface area contributed by atoms with Gasteiger partial charge in [0, 0.05) is 29.0 Å². The predicted molar refractivity (Wildman–Crippen MR) is 72.2 cm³/mol. The summed E-state index contributed by atoms with van der Waals surface area (Å²) < 4.78 is 0. The number of halogens is 1. The standard InChI is InChI=1S/C14H15ClN2/c1-10(16-2)12-6-13(9-17-8-12)11-4-3-5-14(15)7-11/h3-10,16H,1-2H3. The molecule has 0 bridgehead atoms. The molecule has 1 aromatic heterocycles. The van der Waals surface area contributed by atoms with Crippen molar-refractivity contribution in [2.45, 2.75) is 13.0 Å². The van der Waals surface area contributed by atoms with Gasteiger partial charge in [-0.05, 0) is 43.3 Å². The fraction of sp³-hybridized carbons (Fsp3) is 0.214. The normalized spacial score (nSPS) is 12.4. The molecule has 1 aromatic carbocycles. The molecule has 0 aliphatic carbocycles. The van der Waals surface area contributed by atoms with Crippen LogP contribution in [0.25, 0.3) is 11.1 Å². The van der Waals surface area contributed by atoms with Crippen LogP contribution in [0.4, 0.5) is 0 Å². The molecular formula is C14H15ClN2. The van der Waals surface area contributed by atoms with E-state index in [1.54, 1.807) is 0 Å². The van der Waals surface area contributed by atoms with Gasteiger partial charge >= 0.3 is 0 Å². The predicted octanol–water partition coefficient (Wildman–Crippen LogP) is 3.68. The van der Waals surface area contributed by atoms with Gasteiger partial charge in [-0.2, -0.15) is 0 Å².